The van der Waals surface area contributed by atoms with E-state index in [1.807, 2.05) is 6.08 Å². The van der Waals surface area contributed by atoms with Gasteiger partial charge in [-0.2, -0.15) is 0 Å². The Morgan fingerprint density at radius 2 is 0.939 bits per heavy atom. The van der Waals surface area contributed by atoms with E-state index in [0.29, 0.717) is 6.42 Å². The number of aliphatic hydroxyl groups is 5. The number of carbonyl (C=O) groups excluding carboxylic acids is 1. The van der Waals surface area contributed by atoms with Crippen molar-refractivity contribution >= 4 is 5.91 Å². The predicted molar refractivity (Wildman–Crippen MR) is 276 cm³/mol. The number of nitrogens with one attached hydrogen (secondary N) is 1. The molecule has 6 N–H and O–H groups in total. The van der Waals surface area contributed by atoms with Crippen molar-refractivity contribution in [1.29, 1.82) is 0 Å². The second-order valence-corrected chi connectivity index (χ2v) is 17.9. The van der Waals surface area contributed by atoms with Gasteiger partial charge in [-0.3, -0.25) is 4.79 Å². The summed E-state index contributed by atoms with van der Waals surface area (Å²) in [5.74, 6) is -0.186. The molecule has 1 saturated heterocycles. The molecule has 0 aromatic carbocycles. The number of allylic oxidation sites excluding steroid dienone is 15. The van der Waals surface area contributed by atoms with Gasteiger partial charge in [-0.25, -0.2) is 0 Å². The van der Waals surface area contributed by atoms with Crippen molar-refractivity contribution in [2.45, 2.75) is 243 Å². The zero-order valence-electron chi connectivity index (χ0n) is 41.7. The zero-order chi connectivity index (χ0) is 48.0. The first kappa shape index (κ1) is 61.1. The van der Waals surface area contributed by atoms with Crippen molar-refractivity contribution in [3.05, 3.63) is 97.2 Å². The maximum atomic E-state index is 12.9. The molecule has 1 rings (SSSR count). The fraction of sp³-hybridized carbons (Fsp3) is 0.702. The van der Waals surface area contributed by atoms with Gasteiger partial charge in [-0.15, -0.1) is 0 Å². The van der Waals surface area contributed by atoms with Crippen molar-refractivity contribution in [2.75, 3.05) is 13.2 Å². The van der Waals surface area contributed by atoms with E-state index in [-0.39, 0.29) is 12.5 Å². The fourth-order valence-electron chi connectivity index (χ4n) is 7.72. The van der Waals surface area contributed by atoms with Crippen LogP contribution in [-0.2, 0) is 14.3 Å². The third-order valence-electron chi connectivity index (χ3n) is 11.9. The fourth-order valence-corrected chi connectivity index (χ4v) is 7.72. The molecule has 0 bridgehead atoms. The number of amides is 1. The van der Waals surface area contributed by atoms with Gasteiger partial charge in [-0.1, -0.05) is 214 Å². The topological polar surface area (TPSA) is 149 Å². The molecule has 0 spiro atoms. The molecule has 0 saturated carbocycles. The smallest absolute Gasteiger partial charge is 0.220 e. The SMILES string of the molecule is CC/C=C\C/C=C\C/C=C\C/C=C\C/C=C\C/C=C\C/C=C\CCCCCCCCCCCCCCCC(=O)NC(COC1OC(CO)C(O)C(O)C1O)C(O)/C=C/CCCCCCCC. The number of hydrogen-bond donors (Lipinski definition) is 6. The Kier molecular flexibility index (Phi) is 42.5. The number of ether oxygens (including phenoxy) is 2. The Morgan fingerprint density at radius 3 is 1.39 bits per heavy atom. The van der Waals surface area contributed by atoms with Gasteiger partial charge < -0.3 is 40.3 Å². The molecule has 0 radical (unpaired) electrons. The van der Waals surface area contributed by atoms with Crippen LogP contribution in [0.4, 0.5) is 0 Å². The van der Waals surface area contributed by atoms with Crippen LogP contribution in [0.15, 0.2) is 97.2 Å². The molecule has 378 valence electrons. The van der Waals surface area contributed by atoms with Crippen molar-refractivity contribution in [2.24, 2.45) is 0 Å². The maximum absolute atomic E-state index is 12.9. The predicted octanol–water partition coefficient (Wildman–Crippen LogP) is 12.5. The highest BCUT2D eigenvalue weighted by Crippen LogP contribution is 2.23. The quantitative estimate of drug-likeness (QED) is 0.0262. The summed E-state index contributed by atoms with van der Waals surface area (Å²) in [6, 6.07) is -0.807. The standard InChI is InChI=1S/C57H97NO8/c1-3-5-7-9-11-13-14-15-16-17-18-19-20-21-22-23-24-25-26-27-28-29-30-31-32-33-34-35-36-37-38-39-41-43-45-47-53(61)58-50(51(60)46-44-42-40-12-10-8-6-4-2)49-65-57-56(64)55(63)54(62)52(48-59)66-57/h5,7,11,13,15-16,18-19,21-22,24-25,27-28,44,46,50-52,54-57,59-60,62-64H,3-4,6,8-10,12,14,17,20,23,26,29-43,45,47-49H2,1-2H3,(H,58,61)/b7-5-,13-11-,16-15-,19-18-,22-21-,25-24-,28-27-,46-44+. The van der Waals surface area contributed by atoms with E-state index in [2.05, 4.69) is 104 Å². The molecule has 1 fully saturated rings. The van der Waals surface area contributed by atoms with Crippen LogP contribution in [-0.4, -0.2) is 87.5 Å². The number of rotatable bonds is 43. The van der Waals surface area contributed by atoms with Crippen LogP contribution in [0.2, 0.25) is 0 Å². The van der Waals surface area contributed by atoms with E-state index in [1.54, 1.807) is 6.08 Å². The minimum Gasteiger partial charge on any atom is -0.394 e. The number of aliphatic hydroxyl groups excluding tert-OH is 5. The van der Waals surface area contributed by atoms with Gasteiger partial charge in [0.2, 0.25) is 5.91 Å². The van der Waals surface area contributed by atoms with Gasteiger partial charge in [-0.05, 0) is 77.0 Å². The Bertz CT molecular complexity index is 1350. The molecule has 1 aliphatic heterocycles. The monoisotopic (exact) mass is 924 g/mol. The molecule has 7 unspecified atom stereocenters. The highest BCUT2D eigenvalue weighted by molar-refractivity contribution is 5.76. The minimum atomic E-state index is -1.57. The van der Waals surface area contributed by atoms with Crippen LogP contribution in [0.5, 0.6) is 0 Å². The number of hydrogen-bond acceptors (Lipinski definition) is 8. The largest absolute Gasteiger partial charge is 0.394 e. The molecule has 1 heterocycles. The van der Waals surface area contributed by atoms with E-state index in [1.165, 1.54) is 96.3 Å². The van der Waals surface area contributed by atoms with Crippen molar-refractivity contribution < 1.29 is 39.8 Å². The summed E-state index contributed by atoms with van der Waals surface area (Å²) in [5.41, 5.74) is 0. The minimum absolute atomic E-state index is 0.186. The Morgan fingerprint density at radius 1 is 0.530 bits per heavy atom. The Hall–Kier alpha value is -2.89. The molecule has 7 atom stereocenters. The second kappa shape index (κ2) is 45.9. The summed E-state index contributed by atoms with van der Waals surface area (Å²) in [7, 11) is 0. The first-order valence-corrected chi connectivity index (χ1v) is 26.5. The highest BCUT2D eigenvalue weighted by Gasteiger charge is 2.44. The summed E-state index contributed by atoms with van der Waals surface area (Å²) < 4.78 is 11.2. The van der Waals surface area contributed by atoms with Gasteiger partial charge in [0.1, 0.15) is 24.4 Å². The average molecular weight is 924 g/mol. The van der Waals surface area contributed by atoms with E-state index in [9.17, 15) is 30.3 Å². The third kappa shape index (κ3) is 35.3. The van der Waals surface area contributed by atoms with Crippen molar-refractivity contribution in [3.63, 3.8) is 0 Å². The molecule has 9 heteroatoms. The van der Waals surface area contributed by atoms with Crippen LogP contribution < -0.4 is 5.32 Å². The first-order valence-electron chi connectivity index (χ1n) is 26.5. The van der Waals surface area contributed by atoms with Crippen LogP contribution in [0.25, 0.3) is 0 Å². The normalized spacial score (nSPS) is 20.6. The molecule has 9 nitrogen and oxygen atoms in total. The summed E-state index contributed by atoms with van der Waals surface area (Å²) in [4.78, 5) is 12.9. The summed E-state index contributed by atoms with van der Waals surface area (Å²) in [5, 5.41) is 54.1. The van der Waals surface area contributed by atoms with Crippen LogP contribution in [0.1, 0.15) is 200 Å². The molecular weight excluding hydrogens is 827 g/mol. The van der Waals surface area contributed by atoms with E-state index < -0.39 is 49.5 Å². The molecule has 0 aromatic heterocycles. The zero-order valence-corrected chi connectivity index (χ0v) is 41.7. The van der Waals surface area contributed by atoms with E-state index in [0.717, 1.165) is 83.5 Å². The summed E-state index contributed by atoms with van der Waals surface area (Å²) >= 11 is 0. The average Bonchev–Trinajstić information content (AvgIpc) is 3.32. The van der Waals surface area contributed by atoms with Gasteiger partial charge in [0.25, 0.3) is 0 Å². The first-order chi connectivity index (χ1) is 32.3. The Balaban J connectivity index is 2.10. The van der Waals surface area contributed by atoms with Crippen LogP contribution >= 0.6 is 0 Å². The molecule has 66 heavy (non-hydrogen) atoms. The van der Waals surface area contributed by atoms with Gasteiger partial charge >= 0.3 is 0 Å². The van der Waals surface area contributed by atoms with E-state index >= 15 is 0 Å². The molecular formula is C57H97NO8. The van der Waals surface area contributed by atoms with Crippen LogP contribution in [0.3, 0.4) is 0 Å². The van der Waals surface area contributed by atoms with Gasteiger partial charge in [0, 0.05) is 6.42 Å². The Labute approximate surface area is 403 Å². The number of unbranched alkanes of at least 4 members (excludes halogenated alkanes) is 19. The highest BCUT2D eigenvalue weighted by atomic mass is 16.7. The lowest BCUT2D eigenvalue weighted by Gasteiger charge is -2.40. The lowest BCUT2D eigenvalue weighted by atomic mass is 9.99. The van der Waals surface area contributed by atoms with Crippen molar-refractivity contribution in [3.8, 4) is 0 Å². The van der Waals surface area contributed by atoms with E-state index in [4.69, 9.17) is 9.47 Å². The lowest BCUT2D eigenvalue weighted by molar-refractivity contribution is -0.302. The summed E-state index contributed by atoms with van der Waals surface area (Å²) in [6.07, 6.45) is 59.2. The van der Waals surface area contributed by atoms with Crippen molar-refractivity contribution in [1.82, 2.24) is 5.32 Å². The molecule has 1 aliphatic rings. The lowest BCUT2D eigenvalue weighted by Crippen LogP contribution is -2.60. The summed E-state index contributed by atoms with van der Waals surface area (Å²) in [6.45, 7) is 3.60. The number of carbonyl (C=O) groups is 1. The van der Waals surface area contributed by atoms with Gasteiger partial charge in [0.15, 0.2) is 6.29 Å². The van der Waals surface area contributed by atoms with Crippen LogP contribution in [0, 0.1) is 0 Å². The third-order valence-corrected chi connectivity index (χ3v) is 11.9. The molecule has 1 amide bonds. The van der Waals surface area contributed by atoms with Gasteiger partial charge in [0.05, 0.1) is 25.4 Å². The second-order valence-electron chi connectivity index (χ2n) is 17.9. The maximum Gasteiger partial charge on any atom is 0.220 e. The molecule has 0 aromatic rings. The molecule has 0 aliphatic carbocycles.